The third kappa shape index (κ3) is 2.22. The van der Waals surface area contributed by atoms with Crippen molar-refractivity contribution < 1.29 is 9.53 Å². The molecule has 1 aromatic heterocycles. The predicted molar refractivity (Wildman–Crippen MR) is 56.9 cm³/mol. The fraction of sp³-hybridized carbons (Fsp3) is 0.545. The summed E-state index contributed by atoms with van der Waals surface area (Å²) in [6, 6.07) is 1.98. The number of thiophene rings is 1. The van der Waals surface area contributed by atoms with Gasteiger partial charge in [0.05, 0.1) is 0 Å². The Hall–Kier alpha value is -0.670. The first-order chi connectivity index (χ1) is 6.75. The topological polar surface area (TPSA) is 26.3 Å². The smallest absolute Gasteiger partial charge is 0.164 e. The lowest BCUT2D eigenvalue weighted by Crippen LogP contribution is -2.07. The summed E-state index contributed by atoms with van der Waals surface area (Å²) in [5, 5.41) is 1.95. The lowest BCUT2D eigenvalue weighted by molar-refractivity contribution is 0.0953. The van der Waals surface area contributed by atoms with Crippen LogP contribution in [0.3, 0.4) is 0 Å². The molecular weight excluding hydrogens is 196 g/mol. The molecule has 0 N–H and O–H groups in total. The fourth-order valence-electron chi connectivity index (χ4n) is 1.71. The number of hydrogen-bond donors (Lipinski definition) is 0. The zero-order valence-corrected chi connectivity index (χ0v) is 9.10. The average Bonchev–Trinajstić information content (AvgIpc) is 2.75. The van der Waals surface area contributed by atoms with Crippen molar-refractivity contribution >= 4 is 17.1 Å². The summed E-state index contributed by atoms with van der Waals surface area (Å²) in [7, 11) is 0. The standard InChI is InChI=1S/C11H14O2S/c1-8-4-10(7-14-8)11(12)5-9-2-3-13-6-9/h4,7,9H,2-3,5-6H2,1H3. The fourth-order valence-corrected chi connectivity index (χ4v) is 2.42. The van der Waals surface area contributed by atoms with Crippen molar-refractivity contribution in [3.63, 3.8) is 0 Å². The molecule has 2 rings (SSSR count). The molecule has 76 valence electrons. The number of aryl methyl sites for hydroxylation is 1. The summed E-state index contributed by atoms with van der Waals surface area (Å²) >= 11 is 1.64. The van der Waals surface area contributed by atoms with Gasteiger partial charge in [0.15, 0.2) is 5.78 Å². The van der Waals surface area contributed by atoms with Gasteiger partial charge in [0, 0.05) is 35.5 Å². The second kappa shape index (κ2) is 4.24. The number of carbonyl (C=O) groups excluding carboxylic acids is 1. The van der Waals surface area contributed by atoms with Crippen LogP contribution in [0.4, 0.5) is 0 Å². The minimum absolute atomic E-state index is 0.268. The van der Waals surface area contributed by atoms with Crippen LogP contribution in [-0.2, 0) is 4.74 Å². The van der Waals surface area contributed by atoms with Gasteiger partial charge in [-0.15, -0.1) is 11.3 Å². The molecule has 0 aliphatic carbocycles. The molecular formula is C11H14O2S. The lowest BCUT2D eigenvalue weighted by Gasteiger charge is -2.04. The van der Waals surface area contributed by atoms with Crippen molar-refractivity contribution in [1.29, 1.82) is 0 Å². The number of ether oxygens (including phenoxy) is 1. The Bertz CT molecular complexity index is 324. The van der Waals surface area contributed by atoms with Gasteiger partial charge >= 0.3 is 0 Å². The molecule has 1 aliphatic rings. The Labute approximate surface area is 87.9 Å². The van der Waals surface area contributed by atoms with Crippen LogP contribution in [-0.4, -0.2) is 19.0 Å². The van der Waals surface area contributed by atoms with Crippen LogP contribution in [0.1, 0.15) is 28.1 Å². The second-order valence-corrected chi connectivity index (χ2v) is 4.92. The quantitative estimate of drug-likeness (QED) is 0.717. The molecule has 1 aromatic rings. The van der Waals surface area contributed by atoms with E-state index in [-0.39, 0.29) is 5.78 Å². The van der Waals surface area contributed by atoms with Gasteiger partial charge in [-0.05, 0) is 25.3 Å². The normalized spacial score (nSPS) is 21.4. The molecule has 0 amide bonds. The van der Waals surface area contributed by atoms with E-state index in [1.807, 2.05) is 18.4 Å². The van der Waals surface area contributed by atoms with Crippen molar-refractivity contribution in [2.45, 2.75) is 19.8 Å². The average molecular weight is 210 g/mol. The molecule has 1 aliphatic heterocycles. The summed E-state index contributed by atoms with van der Waals surface area (Å²) in [4.78, 5) is 13.0. The first kappa shape index (κ1) is 9.87. The lowest BCUT2D eigenvalue weighted by atomic mass is 9.99. The molecule has 1 unspecified atom stereocenters. The van der Waals surface area contributed by atoms with Crippen LogP contribution in [0.25, 0.3) is 0 Å². The number of carbonyl (C=O) groups is 1. The molecule has 1 atom stereocenters. The number of hydrogen-bond acceptors (Lipinski definition) is 3. The van der Waals surface area contributed by atoms with E-state index < -0.39 is 0 Å². The Kier molecular flexibility index (Phi) is 2.99. The van der Waals surface area contributed by atoms with Crippen LogP contribution < -0.4 is 0 Å². The van der Waals surface area contributed by atoms with Gasteiger partial charge in [0.25, 0.3) is 0 Å². The number of Topliss-reactive ketones (excluding diaryl/α,β-unsaturated/α-hetero) is 1. The molecule has 0 spiro atoms. The van der Waals surface area contributed by atoms with E-state index in [1.54, 1.807) is 11.3 Å². The van der Waals surface area contributed by atoms with Crippen LogP contribution in [0.2, 0.25) is 0 Å². The molecule has 1 saturated heterocycles. The van der Waals surface area contributed by atoms with E-state index in [1.165, 1.54) is 4.88 Å². The van der Waals surface area contributed by atoms with Crippen molar-refractivity contribution in [3.8, 4) is 0 Å². The SMILES string of the molecule is Cc1cc(C(=O)CC2CCOC2)cs1. The first-order valence-electron chi connectivity index (χ1n) is 4.92. The summed E-state index contributed by atoms with van der Waals surface area (Å²) < 4.78 is 5.25. The van der Waals surface area contributed by atoms with E-state index >= 15 is 0 Å². The van der Waals surface area contributed by atoms with E-state index in [2.05, 4.69) is 0 Å². The zero-order valence-electron chi connectivity index (χ0n) is 8.29. The first-order valence-corrected chi connectivity index (χ1v) is 5.80. The van der Waals surface area contributed by atoms with Crippen molar-refractivity contribution in [2.75, 3.05) is 13.2 Å². The van der Waals surface area contributed by atoms with Gasteiger partial charge in [-0.3, -0.25) is 4.79 Å². The molecule has 2 heterocycles. The molecule has 1 fully saturated rings. The maximum absolute atomic E-state index is 11.8. The highest BCUT2D eigenvalue weighted by Gasteiger charge is 2.20. The maximum Gasteiger partial charge on any atom is 0.164 e. The summed E-state index contributed by atoms with van der Waals surface area (Å²) in [5.74, 6) is 0.715. The van der Waals surface area contributed by atoms with E-state index in [0.717, 1.165) is 25.2 Å². The minimum atomic E-state index is 0.268. The minimum Gasteiger partial charge on any atom is -0.381 e. The van der Waals surface area contributed by atoms with E-state index in [9.17, 15) is 4.79 Å². The van der Waals surface area contributed by atoms with Crippen molar-refractivity contribution in [3.05, 3.63) is 21.9 Å². The van der Waals surface area contributed by atoms with Gasteiger partial charge in [-0.25, -0.2) is 0 Å². The third-order valence-electron chi connectivity index (χ3n) is 2.55. The van der Waals surface area contributed by atoms with Crippen molar-refractivity contribution in [1.82, 2.24) is 0 Å². The summed E-state index contributed by atoms with van der Waals surface area (Å²) in [6.07, 6.45) is 1.69. The molecule has 0 bridgehead atoms. The third-order valence-corrected chi connectivity index (χ3v) is 3.41. The zero-order chi connectivity index (χ0) is 9.97. The van der Waals surface area contributed by atoms with Gasteiger partial charge in [0.1, 0.15) is 0 Å². The summed E-state index contributed by atoms with van der Waals surface area (Å²) in [5.41, 5.74) is 0.874. The van der Waals surface area contributed by atoms with Crippen molar-refractivity contribution in [2.24, 2.45) is 5.92 Å². The van der Waals surface area contributed by atoms with E-state index in [4.69, 9.17) is 4.74 Å². The summed E-state index contributed by atoms with van der Waals surface area (Å²) in [6.45, 7) is 3.61. The van der Waals surface area contributed by atoms with Crippen LogP contribution in [0, 0.1) is 12.8 Å². The van der Waals surface area contributed by atoms with Gasteiger partial charge in [-0.1, -0.05) is 0 Å². The second-order valence-electron chi connectivity index (χ2n) is 3.80. The largest absolute Gasteiger partial charge is 0.381 e. The predicted octanol–water partition coefficient (Wildman–Crippen LogP) is 2.67. The molecule has 0 radical (unpaired) electrons. The Morgan fingerprint density at radius 1 is 1.71 bits per heavy atom. The molecule has 0 saturated carbocycles. The maximum atomic E-state index is 11.8. The van der Waals surface area contributed by atoms with E-state index in [0.29, 0.717) is 12.3 Å². The van der Waals surface area contributed by atoms with Crippen LogP contribution >= 0.6 is 11.3 Å². The molecule has 3 heteroatoms. The van der Waals surface area contributed by atoms with Gasteiger partial charge in [-0.2, -0.15) is 0 Å². The number of ketones is 1. The van der Waals surface area contributed by atoms with Crippen LogP contribution in [0.15, 0.2) is 11.4 Å². The number of rotatable bonds is 3. The molecule has 14 heavy (non-hydrogen) atoms. The highest BCUT2D eigenvalue weighted by atomic mass is 32.1. The van der Waals surface area contributed by atoms with Gasteiger partial charge in [0.2, 0.25) is 0 Å². The highest BCUT2D eigenvalue weighted by Crippen LogP contribution is 2.21. The Morgan fingerprint density at radius 3 is 3.14 bits per heavy atom. The Balaban J connectivity index is 1.95. The Morgan fingerprint density at radius 2 is 2.57 bits per heavy atom. The van der Waals surface area contributed by atoms with Crippen LogP contribution in [0.5, 0.6) is 0 Å². The highest BCUT2D eigenvalue weighted by molar-refractivity contribution is 7.10. The monoisotopic (exact) mass is 210 g/mol. The van der Waals surface area contributed by atoms with Gasteiger partial charge < -0.3 is 4.74 Å². The molecule has 0 aromatic carbocycles. The molecule has 2 nitrogen and oxygen atoms in total.